The SMILES string of the molecule is Cc1cc(C)n(CCCNC(=O)CC(NC(N)=O)c2ccccc2C)n1. The van der Waals surface area contributed by atoms with E-state index >= 15 is 0 Å². The molecular formula is C19H27N5O2. The molecule has 140 valence electrons. The van der Waals surface area contributed by atoms with Crippen LogP contribution in [0.3, 0.4) is 0 Å². The number of nitrogens with zero attached hydrogens (tertiary/aromatic N) is 2. The Morgan fingerprint density at radius 3 is 2.58 bits per heavy atom. The number of aryl methyl sites for hydroxylation is 4. The molecule has 0 fully saturated rings. The van der Waals surface area contributed by atoms with E-state index in [-0.39, 0.29) is 12.3 Å². The first-order chi connectivity index (χ1) is 12.4. The molecule has 4 N–H and O–H groups in total. The number of hydrogen-bond acceptors (Lipinski definition) is 3. The van der Waals surface area contributed by atoms with Gasteiger partial charge in [0.2, 0.25) is 5.91 Å². The van der Waals surface area contributed by atoms with Crippen LogP contribution in [0.15, 0.2) is 30.3 Å². The number of rotatable bonds is 8. The minimum atomic E-state index is -0.643. The highest BCUT2D eigenvalue weighted by atomic mass is 16.2. The Kier molecular flexibility index (Phi) is 6.77. The summed E-state index contributed by atoms with van der Waals surface area (Å²) < 4.78 is 1.94. The summed E-state index contributed by atoms with van der Waals surface area (Å²) in [5.74, 6) is -0.125. The number of benzene rings is 1. The topological polar surface area (TPSA) is 102 Å². The highest BCUT2D eigenvalue weighted by Crippen LogP contribution is 2.20. The van der Waals surface area contributed by atoms with Crippen molar-refractivity contribution in [1.82, 2.24) is 20.4 Å². The molecule has 1 atom stereocenters. The average molecular weight is 357 g/mol. The number of nitrogens with one attached hydrogen (secondary N) is 2. The van der Waals surface area contributed by atoms with E-state index in [9.17, 15) is 9.59 Å². The fraction of sp³-hybridized carbons (Fsp3) is 0.421. The Morgan fingerprint density at radius 2 is 1.96 bits per heavy atom. The third kappa shape index (κ3) is 5.61. The van der Waals surface area contributed by atoms with Gasteiger partial charge >= 0.3 is 6.03 Å². The van der Waals surface area contributed by atoms with Crippen molar-refractivity contribution in [3.8, 4) is 0 Å². The van der Waals surface area contributed by atoms with Crippen molar-refractivity contribution in [2.45, 2.75) is 46.2 Å². The van der Waals surface area contributed by atoms with E-state index < -0.39 is 12.1 Å². The molecule has 0 aliphatic rings. The molecule has 0 bridgehead atoms. The number of urea groups is 1. The van der Waals surface area contributed by atoms with Gasteiger partial charge in [-0.3, -0.25) is 9.48 Å². The van der Waals surface area contributed by atoms with E-state index in [2.05, 4.69) is 15.7 Å². The number of carbonyl (C=O) groups excluding carboxylic acids is 2. The van der Waals surface area contributed by atoms with Crippen molar-refractivity contribution in [2.24, 2.45) is 5.73 Å². The maximum absolute atomic E-state index is 12.3. The third-order valence-electron chi connectivity index (χ3n) is 4.24. The first-order valence-corrected chi connectivity index (χ1v) is 8.76. The van der Waals surface area contributed by atoms with E-state index in [0.717, 1.165) is 35.5 Å². The van der Waals surface area contributed by atoms with Crippen LogP contribution in [0, 0.1) is 20.8 Å². The van der Waals surface area contributed by atoms with Gasteiger partial charge in [0.05, 0.1) is 18.2 Å². The van der Waals surface area contributed by atoms with Crippen molar-refractivity contribution >= 4 is 11.9 Å². The largest absolute Gasteiger partial charge is 0.356 e. The minimum Gasteiger partial charge on any atom is -0.356 e. The molecule has 1 aromatic heterocycles. The summed E-state index contributed by atoms with van der Waals surface area (Å²) in [7, 11) is 0. The molecular weight excluding hydrogens is 330 g/mol. The normalized spacial score (nSPS) is 11.8. The highest BCUT2D eigenvalue weighted by Gasteiger charge is 2.18. The van der Waals surface area contributed by atoms with Gasteiger partial charge in [-0.2, -0.15) is 5.10 Å². The van der Waals surface area contributed by atoms with E-state index in [1.807, 2.05) is 55.8 Å². The number of primary amides is 1. The molecule has 7 nitrogen and oxygen atoms in total. The van der Waals surface area contributed by atoms with Crippen LogP contribution in [-0.4, -0.2) is 28.3 Å². The Bertz CT molecular complexity index is 769. The summed E-state index contributed by atoms with van der Waals surface area (Å²) in [6.07, 6.45) is 0.930. The molecule has 0 aliphatic carbocycles. The van der Waals surface area contributed by atoms with Crippen LogP contribution >= 0.6 is 0 Å². The summed E-state index contributed by atoms with van der Waals surface area (Å²) >= 11 is 0. The van der Waals surface area contributed by atoms with Gasteiger partial charge < -0.3 is 16.4 Å². The first-order valence-electron chi connectivity index (χ1n) is 8.76. The van der Waals surface area contributed by atoms with E-state index in [4.69, 9.17) is 5.73 Å². The van der Waals surface area contributed by atoms with Crippen LogP contribution < -0.4 is 16.4 Å². The summed E-state index contributed by atoms with van der Waals surface area (Å²) in [6, 6.07) is 8.58. The molecule has 7 heteroatoms. The second kappa shape index (κ2) is 9.03. The summed E-state index contributed by atoms with van der Waals surface area (Å²) in [5, 5.41) is 9.96. The second-order valence-corrected chi connectivity index (χ2v) is 6.48. The van der Waals surface area contributed by atoms with Gasteiger partial charge in [0.15, 0.2) is 0 Å². The number of aromatic nitrogens is 2. The van der Waals surface area contributed by atoms with Crippen molar-refractivity contribution in [3.05, 3.63) is 52.8 Å². The Labute approximate surface area is 154 Å². The number of nitrogens with two attached hydrogens (primary N) is 1. The van der Waals surface area contributed by atoms with Gasteiger partial charge in [-0.1, -0.05) is 24.3 Å². The van der Waals surface area contributed by atoms with Crippen LogP contribution in [0.25, 0.3) is 0 Å². The molecule has 1 aromatic carbocycles. The maximum Gasteiger partial charge on any atom is 0.312 e. The van der Waals surface area contributed by atoms with Crippen molar-refractivity contribution in [2.75, 3.05) is 6.54 Å². The van der Waals surface area contributed by atoms with Gasteiger partial charge in [-0.05, 0) is 44.4 Å². The van der Waals surface area contributed by atoms with Crippen LogP contribution in [-0.2, 0) is 11.3 Å². The number of hydrogen-bond donors (Lipinski definition) is 3. The van der Waals surface area contributed by atoms with Crippen molar-refractivity contribution in [3.63, 3.8) is 0 Å². The van der Waals surface area contributed by atoms with Crippen molar-refractivity contribution in [1.29, 1.82) is 0 Å². The van der Waals surface area contributed by atoms with Gasteiger partial charge in [0.25, 0.3) is 0 Å². The van der Waals surface area contributed by atoms with Crippen LogP contribution in [0.4, 0.5) is 4.79 Å². The first kappa shape index (κ1) is 19.5. The molecule has 26 heavy (non-hydrogen) atoms. The van der Waals surface area contributed by atoms with Crippen molar-refractivity contribution < 1.29 is 9.59 Å². The third-order valence-corrected chi connectivity index (χ3v) is 4.24. The van der Waals surface area contributed by atoms with E-state index in [1.54, 1.807) is 0 Å². The number of amides is 3. The molecule has 0 saturated heterocycles. The second-order valence-electron chi connectivity index (χ2n) is 6.48. The Hall–Kier alpha value is -2.83. The fourth-order valence-electron chi connectivity index (χ4n) is 3.00. The molecule has 0 aliphatic heterocycles. The van der Waals surface area contributed by atoms with E-state index in [0.29, 0.717) is 6.54 Å². The van der Waals surface area contributed by atoms with Gasteiger partial charge in [0.1, 0.15) is 0 Å². The predicted octanol–water partition coefficient (Wildman–Crippen LogP) is 2.11. The lowest BCUT2D eigenvalue weighted by Crippen LogP contribution is -2.37. The summed E-state index contributed by atoms with van der Waals surface area (Å²) in [6.45, 7) is 7.22. The standard InChI is InChI=1S/C19H27N5O2/c1-13-7-4-5-8-16(13)17(22-19(20)26)12-18(25)21-9-6-10-24-15(3)11-14(2)23-24/h4-5,7-8,11,17H,6,9-10,12H2,1-3H3,(H,21,25)(H3,20,22,26). The van der Waals surface area contributed by atoms with E-state index in [1.165, 1.54) is 0 Å². The molecule has 1 heterocycles. The zero-order chi connectivity index (χ0) is 19.1. The van der Waals surface area contributed by atoms with Gasteiger partial charge in [-0.25, -0.2) is 4.79 Å². The fourth-order valence-corrected chi connectivity index (χ4v) is 3.00. The van der Waals surface area contributed by atoms with Crippen LogP contribution in [0.1, 0.15) is 41.4 Å². The summed E-state index contributed by atoms with van der Waals surface area (Å²) in [4.78, 5) is 23.6. The Balaban J connectivity index is 1.86. The zero-order valence-corrected chi connectivity index (χ0v) is 15.6. The molecule has 2 rings (SSSR count). The lowest BCUT2D eigenvalue weighted by molar-refractivity contribution is -0.121. The van der Waals surface area contributed by atoms with Crippen LogP contribution in [0.2, 0.25) is 0 Å². The minimum absolute atomic E-state index is 0.125. The quantitative estimate of drug-likeness (QED) is 0.631. The average Bonchev–Trinajstić information content (AvgIpc) is 2.88. The monoisotopic (exact) mass is 357 g/mol. The predicted molar refractivity (Wildman–Crippen MR) is 101 cm³/mol. The zero-order valence-electron chi connectivity index (χ0n) is 15.6. The van der Waals surface area contributed by atoms with Gasteiger partial charge in [-0.15, -0.1) is 0 Å². The molecule has 2 aromatic rings. The lowest BCUT2D eigenvalue weighted by Gasteiger charge is -2.19. The maximum atomic E-state index is 12.3. The summed E-state index contributed by atoms with van der Waals surface area (Å²) in [5.41, 5.74) is 9.26. The highest BCUT2D eigenvalue weighted by molar-refractivity contribution is 5.78. The molecule has 0 saturated carbocycles. The molecule has 1 unspecified atom stereocenters. The van der Waals surface area contributed by atoms with Crippen LogP contribution in [0.5, 0.6) is 0 Å². The number of carbonyl (C=O) groups is 2. The molecule has 0 radical (unpaired) electrons. The molecule has 0 spiro atoms. The van der Waals surface area contributed by atoms with Gasteiger partial charge in [0, 0.05) is 18.8 Å². The Morgan fingerprint density at radius 1 is 1.23 bits per heavy atom. The smallest absolute Gasteiger partial charge is 0.312 e. The molecule has 3 amide bonds. The lowest BCUT2D eigenvalue weighted by atomic mass is 9.98.